The van der Waals surface area contributed by atoms with Crippen LogP contribution in [0.3, 0.4) is 0 Å². The van der Waals surface area contributed by atoms with E-state index in [0.29, 0.717) is 29.6 Å². The highest BCUT2D eigenvalue weighted by Crippen LogP contribution is 2.32. The van der Waals surface area contributed by atoms with Crippen molar-refractivity contribution < 1.29 is 27.8 Å². The third kappa shape index (κ3) is 6.76. The number of alkyl halides is 3. The number of carbonyl (C=O) groups excluding carboxylic acids is 1. The number of aryl methyl sites for hydroxylation is 1. The molecular weight excluding hydrogens is 435 g/mol. The maximum Gasteiger partial charge on any atom is 0.416 e. The molecule has 0 atom stereocenters. The van der Waals surface area contributed by atoms with Crippen LogP contribution in [0.25, 0.3) is 0 Å². The third-order valence-electron chi connectivity index (χ3n) is 5.01. The number of hydrogen-bond acceptors (Lipinski definition) is 6. The van der Waals surface area contributed by atoms with Crippen LogP contribution in [0.15, 0.2) is 54.9 Å². The van der Waals surface area contributed by atoms with E-state index in [4.69, 9.17) is 9.84 Å². The van der Waals surface area contributed by atoms with Crippen LogP contribution < -0.4 is 9.64 Å². The molecule has 0 radical (unpaired) electrons. The van der Waals surface area contributed by atoms with Crippen LogP contribution in [0.1, 0.15) is 22.3 Å². The van der Waals surface area contributed by atoms with Crippen LogP contribution in [-0.2, 0) is 23.8 Å². The molecule has 1 N–H and O–H groups in total. The van der Waals surface area contributed by atoms with Crippen LogP contribution in [-0.4, -0.2) is 41.1 Å². The summed E-state index contributed by atoms with van der Waals surface area (Å²) in [6.45, 7) is 1.80. The van der Waals surface area contributed by atoms with Gasteiger partial charge < -0.3 is 14.7 Å². The number of ketones is 1. The Morgan fingerprint density at radius 3 is 2.36 bits per heavy atom. The number of aliphatic hydroxyl groups is 1. The molecule has 33 heavy (non-hydrogen) atoms. The number of aromatic nitrogens is 2. The first-order valence-electron chi connectivity index (χ1n) is 10.2. The van der Waals surface area contributed by atoms with E-state index >= 15 is 0 Å². The van der Waals surface area contributed by atoms with Crippen LogP contribution in [0, 0.1) is 6.92 Å². The summed E-state index contributed by atoms with van der Waals surface area (Å²) in [5, 5.41) is 9.04. The monoisotopic (exact) mass is 459 g/mol. The molecule has 0 unspecified atom stereocenters. The highest BCUT2D eigenvalue weighted by atomic mass is 19.4. The molecule has 2 aromatic carbocycles. The second-order valence-electron chi connectivity index (χ2n) is 7.64. The maximum absolute atomic E-state index is 13.1. The number of nitrogens with zero attached hydrogens (tertiary/aromatic N) is 3. The summed E-state index contributed by atoms with van der Waals surface area (Å²) in [6, 6.07) is 12.4. The van der Waals surface area contributed by atoms with Gasteiger partial charge in [-0.3, -0.25) is 4.79 Å². The molecule has 0 bridgehead atoms. The number of rotatable bonds is 9. The molecule has 0 saturated carbocycles. The van der Waals surface area contributed by atoms with E-state index in [2.05, 4.69) is 9.97 Å². The quantitative estimate of drug-likeness (QED) is 0.512. The number of carbonyl (C=O) groups is 1. The average molecular weight is 459 g/mol. The smallest absolute Gasteiger partial charge is 0.416 e. The van der Waals surface area contributed by atoms with Gasteiger partial charge in [0.2, 0.25) is 5.88 Å². The topological polar surface area (TPSA) is 75.5 Å². The lowest BCUT2D eigenvalue weighted by atomic mass is 9.99. The zero-order valence-corrected chi connectivity index (χ0v) is 18.3. The Labute approximate surface area is 189 Å². The fraction of sp³-hybridized carbons (Fsp3) is 0.292. The molecule has 6 nitrogen and oxygen atoms in total. The zero-order valence-electron chi connectivity index (χ0n) is 18.3. The number of halogens is 3. The van der Waals surface area contributed by atoms with E-state index in [1.54, 1.807) is 48.3 Å². The number of likely N-dealkylation sites (N-methyl/N-ethyl adjacent to an activating group) is 1. The summed E-state index contributed by atoms with van der Waals surface area (Å²) in [7, 11) is 1.79. The number of benzene rings is 2. The Balaban J connectivity index is 1.61. The van der Waals surface area contributed by atoms with Gasteiger partial charge in [-0.1, -0.05) is 24.3 Å². The van der Waals surface area contributed by atoms with E-state index in [1.165, 1.54) is 19.3 Å². The maximum atomic E-state index is 13.1. The molecule has 3 aromatic rings. The van der Waals surface area contributed by atoms with Gasteiger partial charge in [-0.15, -0.1) is 0 Å². The van der Waals surface area contributed by atoms with E-state index in [0.717, 1.165) is 11.6 Å². The molecule has 1 heterocycles. The van der Waals surface area contributed by atoms with Gasteiger partial charge in [0, 0.05) is 32.5 Å². The number of hydrogen-bond donors (Lipinski definition) is 1. The lowest BCUT2D eigenvalue weighted by molar-refractivity contribution is -0.138. The first-order valence-corrected chi connectivity index (χ1v) is 10.2. The molecule has 0 amide bonds. The van der Waals surface area contributed by atoms with Gasteiger partial charge >= 0.3 is 6.18 Å². The molecule has 0 aliphatic carbocycles. The minimum atomic E-state index is -4.45. The normalized spacial score (nSPS) is 11.3. The van der Waals surface area contributed by atoms with Crippen molar-refractivity contribution in [1.82, 2.24) is 9.97 Å². The second kappa shape index (κ2) is 10.4. The van der Waals surface area contributed by atoms with Gasteiger partial charge in [0.05, 0.1) is 12.2 Å². The number of ether oxygens (including phenoxy) is 1. The molecular formula is C24H24F3N3O3. The van der Waals surface area contributed by atoms with Crippen molar-refractivity contribution in [2.45, 2.75) is 25.9 Å². The highest BCUT2D eigenvalue weighted by Gasteiger charge is 2.32. The summed E-state index contributed by atoms with van der Waals surface area (Å²) < 4.78 is 45.0. The average Bonchev–Trinajstić information content (AvgIpc) is 2.76. The lowest BCUT2D eigenvalue weighted by Gasteiger charge is -2.16. The largest absolute Gasteiger partial charge is 0.439 e. The molecule has 174 valence electrons. The predicted octanol–water partition coefficient (Wildman–Crippen LogP) is 4.38. The van der Waals surface area contributed by atoms with Gasteiger partial charge in [-0.2, -0.15) is 13.2 Å². The summed E-state index contributed by atoms with van der Waals surface area (Å²) in [6.07, 6.45) is -3.07. The van der Waals surface area contributed by atoms with Gasteiger partial charge in [-0.25, -0.2) is 9.97 Å². The Hall–Kier alpha value is -3.46. The van der Waals surface area contributed by atoms with Crippen molar-refractivity contribution >= 4 is 11.6 Å². The molecule has 0 aliphatic heterocycles. The van der Waals surface area contributed by atoms with Crippen molar-refractivity contribution in [3.8, 4) is 11.6 Å². The molecule has 3 rings (SSSR count). The van der Waals surface area contributed by atoms with E-state index in [-0.39, 0.29) is 30.8 Å². The number of Topliss-reactive ketones (excluding diaryl/α,β-unsaturated/α-hetero) is 1. The lowest BCUT2D eigenvalue weighted by Crippen LogP contribution is -2.22. The van der Waals surface area contributed by atoms with Crippen molar-refractivity contribution in [2.24, 2.45) is 0 Å². The summed E-state index contributed by atoms with van der Waals surface area (Å²) in [5.74, 6) is 1.25. The molecule has 0 aliphatic rings. The number of anilines is 1. The predicted molar refractivity (Wildman–Crippen MR) is 117 cm³/mol. The summed E-state index contributed by atoms with van der Waals surface area (Å²) >= 11 is 0. The molecule has 0 saturated heterocycles. The minimum Gasteiger partial charge on any atom is -0.439 e. The Bertz CT molecular complexity index is 1100. The van der Waals surface area contributed by atoms with Crippen LogP contribution >= 0.6 is 0 Å². The standard InChI is InChI=1S/C24H24F3N3O3/c1-16-3-4-18(13-21(16)24(25,26)27)12-19(32)11-17-5-7-20(8-6-17)33-23-14-22(28-15-29-23)30(2)9-10-31/h3-8,13-15,31H,9-12H2,1-2H3. The first kappa shape index (κ1) is 24.2. The molecule has 0 fully saturated rings. The van der Waals surface area contributed by atoms with Crippen molar-refractivity contribution in [1.29, 1.82) is 0 Å². The second-order valence-corrected chi connectivity index (χ2v) is 7.64. The van der Waals surface area contributed by atoms with Crippen molar-refractivity contribution in [3.63, 3.8) is 0 Å². The van der Waals surface area contributed by atoms with Crippen LogP contribution in [0.2, 0.25) is 0 Å². The van der Waals surface area contributed by atoms with Gasteiger partial charge in [0.15, 0.2) is 0 Å². The summed E-state index contributed by atoms with van der Waals surface area (Å²) in [4.78, 5) is 22.4. The van der Waals surface area contributed by atoms with Crippen LogP contribution in [0.4, 0.5) is 19.0 Å². The number of aliphatic hydroxyl groups excluding tert-OH is 1. The highest BCUT2D eigenvalue weighted by molar-refractivity contribution is 5.83. The van der Waals surface area contributed by atoms with Gasteiger partial charge in [0.1, 0.15) is 23.7 Å². The molecule has 9 heteroatoms. The Morgan fingerprint density at radius 1 is 1.03 bits per heavy atom. The van der Waals surface area contributed by atoms with E-state index in [9.17, 15) is 18.0 Å². The molecule has 0 spiro atoms. The molecule has 1 aromatic heterocycles. The fourth-order valence-electron chi connectivity index (χ4n) is 3.26. The third-order valence-corrected chi connectivity index (χ3v) is 5.01. The van der Waals surface area contributed by atoms with E-state index < -0.39 is 11.7 Å². The minimum absolute atomic E-state index is 0.00964. The van der Waals surface area contributed by atoms with Crippen molar-refractivity contribution in [3.05, 3.63) is 77.1 Å². The van der Waals surface area contributed by atoms with Crippen LogP contribution in [0.5, 0.6) is 11.6 Å². The van der Waals surface area contributed by atoms with Crippen molar-refractivity contribution in [2.75, 3.05) is 25.1 Å². The Morgan fingerprint density at radius 2 is 1.70 bits per heavy atom. The zero-order chi connectivity index (χ0) is 24.0. The van der Waals surface area contributed by atoms with Gasteiger partial charge in [0.25, 0.3) is 0 Å². The summed E-state index contributed by atoms with van der Waals surface area (Å²) in [5.41, 5.74) is 0.472. The Kier molecular flexibility index (Phi) is 7.65. The van der Waals surface area contributed by atoms with E-state index in [1.807, 2.05) is 0 Å². The fourth-order valence-corrected chi connectivity index (χ4v) is 3.26. The van der Waals surface area contributed by atoms with Gasteiger partial charge in [-0.05, 0) is 41.8 Å². The first-order chi connectivity index (χ1) is 15.7. The SMILES string of the molecule is Cc1ccc(CC(=O)Cc2ccc(Oc3cc(N(C)CCO)ncn3)cc2)cc1C(F)(F)F.